The Morgan fingerprint density at radius 2 is 2.38 bits per heavy atom. The SMILES string of the molecule is COCCNC(=O)[C@@H]1COC(=O)N1Cc1cccc(O)c1. The van der Waals surface area contributed by atoms with Gasteiger partial charge in [0.25, 0.3) is 0 Å². The van der Waals surface area contributed by atoms with E-state index in [0.29, 0.717) is 13.2 Å². The van der Waals surface area contributed by atoms with Crippen molar-refractivity contribution in [3.05, 3.63) is 29.8 Å². The zero-order chi connectivity index (χ0) is 15.2. The molecule has 0 bridgehead atoms. The Labute approximate surface area is 122 Å². The van der Waals surface area contributed by atoms with Crippen LogP contribution in [0.25, 0.3) is 0 Å². The molecule has 0 aliphatic carbocycles. The summed E-state index contributed by atoms with van der Waals surface area (Å²) in [7, 11) is 1.54. The number of rotatable bonds is 6. The lowest BCUT2D eigenvalue weighted by molar-refractivity contribution is -0.125. The summed E-state index contributed by atoms with van der Waals surface area (Å²) in [5, 5.41) is 12.1. The Hall–Kier alpha value is -2.28. The maximum absolute atomic E-state index is 12.0. The second kappa shape index (κ2) is 6.94. The van der Waals surface area contributed by atoms with Crippen LogP contribution < -0.4 is 5.32 Å². The zero-order valence-corrected chi connectivity index (χ0v) is 11.7. The molecule has 1 heterocycles. The van der Waals surface area contributed by atoms with Crippen LogP contribution in [-0.4, -0.2) is 54.9 Å². The summed E-state index contributed by atoms with van der Waals surface area (Å²) in [6, 6.07) is 5.87. The number of cyclic esters (lactones) is 1. The van der Waals surface area contributed by atoms with Crippen LogP contribution in [0.15, 0.2) is 24.3 Å². The molecule has 0 unspecified atom stereocenters. The third kappa shape index (κ3) is 3.85. The van der Waals surface area contributed by atoms with Gasteiger partial charge in [-0.3, -0.25) is 9.69 Å². The fourth-order valence-corrected chi connectivity index (χ4v) is 2.09. The second-order valence-corrected chi connectivity index (χ2v) is 4.67. The molecule has 7 nitrogen and oxygen atoms in total. The van der Waals surface area contributed by atoms with Crippen molar-refractivity contribution in [2.45, 2.75) is 12.6 Å². The average molecular weight is 294 g/mol. The van der Waals surface area contributed by atoms with Crippen molar-refractivity contribution in [2.24, 2.45) is 0 Å². The largest absolute Gasteiger partial charge is 0.508 e. The highest BCUT2D eigenvalue weighted by molar-refractivity contribution is 5.87. The first kappa shape index (κ1) is 15.1. The highest BCUT2D eigenvalue weighted by atomic mass is 16.6. The van der Waals surface area contributed by atoms with E-state index in [2.05, 4.69) is 5.32 Å². The van der Waals surface area contributed by atoms with Crippen LogP contribution in [0.1, 0.15) is 5.56 Å². The van der Waals surface area contributed by atoms with Gasteiger partial charge in [-0.1, -0.05) is 12.1 Å². The van der Waals surface area contributed by atoms with E-state index >= 15 is 0 Å². The van der Waals surface area contributed by atoms with E-state index in [1.54, 1.807) is 31.4 Å². The molecule has 0 radical (unpaired) electrons. The number of carbonyl (C=O) groups excluding carboxylic acids is 2. The molecule has 21 heavy (non-hydrogen) atoms. The molecule has 2 N–H and O–H groups in total. The van der Waals surface area contributed by atoms with Gasteiger partial charge in [-0.15, -0.1) is 0 Å². The van der Waals surface area contributed by atoms with E-state index in [4.69, 9.17) is 9.47 Å². The van der Waals surface area contributed by atoms with Gasteiger partial charge in [-0.25, -0.2) is 4.79 Å². The highest BCUT2D eigenvalue weighted by Gasteiger charge is 2.37. The van der Waals surface area contributed by atoms with Gasteiger partial charge in [0, 0.05) is 13.7 Å². The molecule has 1 saturated heterocycles. The van der Waals surface area contributed by atoms with Crippen LogP contribution in [0.2, 0.25) is 0 Å². The second-order valence-electron chi connectivity index (χ2n) is 4.67. The number of hydrogen-bond acceptors (Lipinski definition) is 5. The number of amides is 2. The summed E-state index contributed by atoms with van der Waals surface area (Å²) in [5.74, 6) is -0.167. The smallest absolute Gasteiger partial charge is 0.410 e. The van der Waals surface area contributed by atoms with Crippen molar-refractivity contribution in [1.82, 2.24) is 10.2 Å². The maximum Gasteiger partial charge on any atom is 0.410 e. The zero-order valence-electron chi connectivity index (χ0n) is 11.7. The number of methoxy groups -OCH3 is 1. The van der Waals surface area contributed by atoms with E-state index in [-0.39, 0.29) is 24.8 Å². The number of carbonyl (C=O) groups is 2. The van der Waals surface area contributed by atoms with E-state index in [1.165, 1.54) is 4.90 Å². The molecule has 0 spiro atoms. The number of benzene rings is 1. The topological polar surface area (TPSA) is 88.1 Å². The summed E-state index contributed by atoms with van der Waals surface area (Å²) >= 11 is 0. The molecule has 1 aromatic carbocycles. The third-order valence-electron chi connectivity index (χ3n) is 3.15. The standard InChI is InChI=1S/C14H18N2O5/c1-20-6-5-15-13(18)12-9-21-14(19)16(12)8-10-3-2-4-11(17)7-10/h2-4,7,12,17H,5-6,8-9H2,1H3,(H,15,18)/t12-/m0/s1. The van der Waals surface area contributed by atoms with Gasteiger partial charge >= 0.3 is 6.09 Å². The number of ether oxygens (including phenoxy) is 2. The molecule has 0 aromatic heterocycles. The van der Waals surface area contributed by atoms with Crippen LogP contribution in [-0.2, 0) is 20.8 Å². The van der Waals surface area contributed by atoms with Gasteiger partial charge in [0.15, 0.2) is 0 Å². The number of aromatic hydroxyl groups is 1. The van der Waals surface area contributed by atoms with Crippen molar-refractivity contribution >= 4 is 12.0 Å². The van der Waals surface area contributed by atoms with Crippen LogP contribution in [0.5, 0.6) is 5.75 Å². The number of phenolic OH excluding ortho intramolecular Hbond substituents is 1. The van der Waals surface area contributed by atoms with Crippen molar-refractivity contribution in [2.75, 3.05) is 26.9 Å². The van der Waals surface area contributed by atoms with Gasteiger partial charge in [-0.2, -0.15) is 0 Å². The molecule has 7 heteroatoms. The predicted molar refractivity (Wildman–Crippen MR) is 73.7 cm³/mol. The molecule has 1 atom stereocenters. The summed E-state index contributed by atoms with van der Waals surface area (Å²) in [5.41, 5.74) is 0.726. The van der Waals surface area contributed by atoms with E-state index < -0.39 is 12.1 Å². The maximum atomic E-state index is 12.0. The quantitative estimate of drug-likeness (QED) is 0.745. The van der Waals surface area contributed by atoms with Gasteiger partial charge in [-0.05, 0) is 17.7 Å². The Bertz CT molecular complexity index is 520. The third-order valence-corrected chi connectivity index (χ3v) is 3.15. The summed E-state index contributed by atoms with van der Waals surface area (Å²) < 4.78 is 9.80. The molecule has 1 aliphatic heterocycles. The minimum atomic E-state index is -0.670. The van der Waals surface area contributed by atoms with E-state index in [9.17, 15) is 14.7 Å². The first-order chi connectivity index (χ1) is 10.1. The highest BCUT2D eigenvalue weighted by Crippen LogP contribution is 2.19. The lowest BCUT2D eigenvalue weighted by Gasteiger charge is -2.20. The van der Waals surface area contributed by atoms with E-state index in [0.717, 1.165) is 5.56 Å². The fourth-order valence-electron chi connectivity index (χ4n) is 2.09. The number of nitrogens with one attached hydrogen (secondary N) is 1. The van der Waals surface area contributed by atoms with Crippen LogP contribution in [0, 0.1) is 0 Å². The van der Waals surface area contributed by atoms with E-state index in [1.807, 2.05) is 0 Å². The van der Waals surface area contributed by atoms with Gasteiger partial charge in [0.05, 0.1) is 13.2 Å². The van der Waals surface area contributed by atoms with Gasteiger partial charge < -0.3 is 19.9 Å². The Morgan fingerprint density at radius 1 is 1.57 bits per heavy atom. The van der Waals surface area contributed by atoms with Crippen molar-refractivity contribution in [1.29, 1.82) is 0 Å². The molecule has 1 aromatic rings. The van der Waals surface area contributed by atoms with Crippen LogP contribution >= 0.6 is 0 Å². The molecule has 0 saturated carbocycles. The molecule has 1 fully saturated rings. The lowest BCUT2D eigenvalue weighted by atomic mass is 10.1. The minimum absolute atomic E-state index is 0.0243. The normalized spacial score (nSPS) is 17.7. The summed E-state index contributed by atoms with van der Waals surface area (Å²) in [4.78, 5) is 25.1. The molecule has 1 aliphatic rings. The summed E-state index contributed by atoms with van der Waals surface area (Å²) in [6.07, 6.45) is -0.537. The molecule has 2 rings (SSSR count). The first-order valence-electron chi connectivity index (χ1n) is 6.60. The molecule has 114 valence electrons. The van der Waals surface area contributed by atoms with Crippen LogP contribution in [0.4, 0.5) is 4.79 Å². The Kier molecular flexibility index (Phi) is 4.99. The molecular formula is C14H18N2O5. The average Bonchev–Trinajstić information content (AvgIpc) is 2.81. The van der Waals surface area contributed by atoms with Crippen molar-refractivity contribution in [3.8, 4) is 5.75 Å². The Morgan fingerprint density at radius 3 is 3.10 bits per heavy atom. The molecular weight excluding hydrogens is 276 g/mol. The predicted octanol–water partition coefficient (Wildman–Crippen LogP) is 0.476. The number of hydrogen-bond donors (Lipinski definition) is 2. The first-order valence-corrected chi connectivity index (χ1v) is 6.60. The fraction of sp³-hybridized carbons (Fsp3) is 0.429. The van der Waals surface area contributed by atoms with Crippen LogP contribution in [0.3, 0.4) is 0 Å². The van der Waals surface area contributed by atoms with Gasteiger partial charge in [0.1, 0.15) is 18.4 Å². The number of phenols is 1. The van der Waals surface area contributed by atoms with Gasteiger partial charge in [0.2, 0.25) is 5.91 Å². The minimum Gasteiger partial charge on any atom is -0.508 e. The lowest BCUT2D eigenvalue weighted by Crippen LogP contribution is -2.46. The summed E-state index contributed by atoms with van der Waals surface area (Å²) in [6.45, 7) is 1.01. The molecule has 2 amide bonds. The number of nitrogens with zero attached hydrogens (tertiary/aromatic N) is 1. The van der Waals surface area contributed by atoms with Crippen molar-refractivity contribution in [3.63, 3.8) is 0 Å². The monoisotopic (exact) mass is 294 g/mol. The Balaban J connectivity index is 2.01. The van der Waals surface area contributed by atoms with Crippen molar-refractivity contribution < 1.29 is 24.2 Å².